The summed E-state index contributed by atoms with van der Waals surface area (Å²) in [6, 6.07) is 18.9. The van der Waals surface area contributed by atoms with Crippen LogP contribution < -0.4 is 10.5 Å². The first-order chi connectivity index (χ1) is 43.0. The molecule has 0 saturated heterocycles. The van der Waals surface area contributed by atoms with Crippen molar-refractivity contribution in [3.8, 4) is 11.5 Å². The third-order valence-corrected chi connectivity index (χ3v) is 25.5. The quantitative estimate of drug-likeness (QED) is 0.0129. The molecule has 4 saturated carbocycles. The first-order valence-electron chi connectivity index (χ1n) is 34.0. The summed E-state index contributed by atoms with van der Waals surface area (Å²) in [6.07, 6.45) is 11.3. The molecule has 3 aromatic rings. The van der Waals surface area contributed by atoms with Gasteiger partial charge in [0.05, 0.1) is 17.8 Å². The molecular weight excluding hydrogens is 1360 g/mol. The van der Waals surface area contributed by atoms with Crippen LogP contribution in [0.4, 0.5) is 49.6 Å². The van der Waals surface area contributed by atoms with E-state index in [2.05, 4.69) is 26.0 Å². The van der Waals surface area contributed by atoms with E-state index in [-0.39, 0.29) is 58.5 Å². The third kappa shape index (κ3) is 19.0. The van der Waals surface area contributed by atoms with Crippen LogP contribution in [-0.4, -0.2) is 89.1 Å². The molecule has 21 heteroatoms. The van der Waals surface area contributed by atoms with Crippen LogP contribution in [0.3, 0.4) is 0 Å². The fraction of sp³-hybridized carbons (Fsp3) is 0.732. The van der Waals surface area contributed by atoms with Crippen molar-refractivity contribution in [3.05, 3.63) is 88.5 Å². The molecule has 6 aliphatic carbocycles. The second-order valence-corrected chi connectivity index (χ2v) is 31.7. The minimum Gasteiger partial charge on any atom is -0.508 e. The number of para-hydroxylation sites is 1. The Morgan fingerprint density at radius 2 is 0.946 bits per heavy atom. The van der Waals surface area contributed by atoms with Gasteiger partial charge in [-0.25, -0.2) is 4.79 Å². The number of alkyl halides is 10. The standard InChI is InChI=1S/C39H52F5NO4S.C32H47F5O3S.HI/c1-37-21-19-30-29-16-15-28(49-36(47)31-13-8-9-14-33(31)45)25-27(29)24-26(35(30)32(37)17-18-34(37)46)12-7-5-3-2-4-6-10-22-50(48)23-11-20-38(40,41)39(42,43)44;1-30-17-15-26-25-12-11-24(38)21-23(25)20-22(29(26)27(30)13-14-28(30)39)10-7-5-3-2-4-6-8-18-41(40)19-9-16-31(33,34)32(35,36)37;/h8-9,13-16,25-26,30,32,34-35,46H,2-7,10-12,17-24,45H2,1H3;11-12,21-22,26-29,38-39H,2-10,13-20H2,1H3;1H/t26-,30-,32+,34+,35-,37+,50?;22-,26-,27+,28+,29-,30+,41?;/m11./s1. The lowest BCUT2D eigenvalue weighted by atomic mass is 9.52. The van der Waals surface area contributed by atoms with Crippen molar-refractivity contribution in [1.29, 1.82) is 0 Å². The smallest absolute Gasteiger partial charge is 0.453 e. The highest BCUT2D eigenvalue weighted by molar-refractivity contribution is 14.0. The molecule has 2 unspecified atom stereocenters. The number of benzene rings is 3. The molecule has 0 amide bonds. The van der Waals surface area contributed by atoms with Crippen molar-refractivity contribution in [3.63, 3.8) is 0 Å². The molecule has 0 heterocycles. The normalized spacial score (nSPS) is 28.2. The van der Waals surface area contributed by atoms with Crippen molar-refractivity contribution in [1.82, 2.24) is 0 Å². The Bertz CT molecular complexity index is 2900. The van der Waals surface area contributed by atoms with Gasteiger partial charge in [-0.15, -0.1) is 24.0 Å². The molecule has 14 atom stereocenters. The van der Waals surface area contributed by atoms with Gasteiger partial charge >= 0.3 is 30.2 Å². The van der Waals surface area contributed by atoms with Gasteiger partial charge in [-0.05, 0) is 220 Å². The molecule has 9 rings (SSSR count). The Kier molecular flexibility index (Phi) is 27.8. The molecule has 3 aromatic carbocycles. The van der Waals surface area contributed by atoms with Crippen molar-refractivity contribution in [2.45, 2.75) is 255 Å². The average molecular weight is 1460 g/mol. The van der Waals surface area contributed by atoms with Crippen LogP contribution >= 0.6 is 24.0 Å². The number of nitrogens with two attached hydrogens (primary N) is 1. The Labute approximate surface area is 560 Å². The number of hydrogen-bond donors (Lipinski definition) is 4. The van der Waals surface area contributed by atoms with E-state index in [0.717, 1.165) is 154 Å². The lowest BCUT2D eigenvalue weighted by Gasteiger charge is -2.53. The van der Waals surface area contributed by atoms with Gasteiger partial charge in [0.15, 0.2) is 0 Å². The summed E-state index contributed by atoms with van der Waals surface area (Å²) in [6.45, 7) is 4.59. The molecule has 4 fully saturated rings. The van der Waals surface area contributed by atoms with Crippen molar-refractivity contribution >= 4 is 57.2 Å². The van der Waals surface area contributed by atoms with E-state index < -0.39 is 77.4 Å². The number of anilines is 1. The first kappa shape index (κ1) is 76.3. The van der Waals surface area contributed by atoms with Gasteiger partial charge in [0.25, 0.3) is 0 Å². The van der Waals surface area contributed by atoms with Gasteiger partial charge < -0.3 is 25.8 Å². The van der Waals surface area contributed by atoms with E-state index in [1.54, 1.807) is 24.3 Å². The lowest BCUT2D eigenvalue weighted by Crippen LogP contribution is -2.47. The molecule has 520 valence electrons. The van der Waals surface area contributed by atoms with Gasteiger partial charge in [0.1, 0.15) is 11.5 Å². The summed E-state index contributed by atoms with van der Waals surface area (Å²) < 4.78 is 155. The van der Waals surface area contributed by atoms with Gasteiger partial charge in [-0.3, -0.25) is 8.42 Å². The Balaban J connectivity index is 0.000000263. The van der Waals surface area contributed by atoms with Gasteiger partial charge in [0, 0.05) is 63.1 Å². The van der Waals surface area contributed by atoms with Gasteiger partial charge in [-0.2, -0.15) is 43.9 Å². The molecule has 8 nitrogen and oxygen atoms in total. The van der Waals surface area contributed by atoms with Gasteiger partial charge in [0.2, 0.25) is 0 Å². The molecule has 0 aromatic heterocycles. The number of esters is 1. The maximum atomic E-state index is 13.0. The Hall–Kier alpha value is -3.02. The molecule has 6 aliphatic rings. The highest BCUT2D eigenvalue weighted by atomic mass is 127. The highest BCUT2D eigenvalue weighted by Crippen LogP contribution is 2.64. The number of rotatable bonds is 30. The predicted molar refractivity (Wildman–Crippen MR) is 355 cm³/mol. The fourth-order valence-corrected chi connectivity index (χ4v) is 19.9. The molecule has 0 aliphatic heterocycles. The number of hydrogen-bond acceptors (Lipinski definition) is 8. The zero-order valence-electron chi connectivity index (χ0n) is 53.6. The number of carbonyl (C=O) groups excluding carboxylic acids is 1. The van der Waals surface area contributed by atoms with E-state index in [0.29, 0.717) is 94.4 Å². The maximum absolute atomic E-state index is 13.0. The average Bonchev–Trinajstić information content (AvgIpc) is 1.38. The van der Waals surface area contributed by atoms with Crippen LogP contribution in [0.15, 0.2) is 60.7 Å². The number of halogens is 11. The Morgan fingerprint density at radius 1 is 0.543 bits per heavy atom. The van der Waals surface area contributed by atoms with Crippen LogP contribution in [-0.2, 0) is 34.4 Å². The minimum atomic E-state index is -5.56. The minimum absolute atomic E-state index is 0. The number of aliphatic hydroxyl groups is 2. The summed E-state index contributed by atoms with van der Waals surface area (Å²) in [7, 11) is -2.74. The van der Waals surface area contributed by atoms with Crippen LogP contribution in [0.5, 0.6) is 11.5 Å². The van der Waals surface area contributed by atoms with Crippen LogP contribution in [0, 0.1) is 46.3 Å². The molecule has 0 radical (unpaired) electrons. The topological polar surface area (TPSA) is 147 Å². The highest BCUT2D eigenvalue weighted by Gasteiger charge is 2.60. The van der Waals surface area contributed by atoms with Crippen LogP contribution in [0.25, 0.3) is 0 Å². The summed E-state index contributed by atoms with van der Waals surface area (Å²) in [5.41, 5.74) is 12.0. The van der Waals surface area contributed by atoms with E-state index in [1.165, 1.54) is 22.3 Å². The van der Waals surface area contributed by atoms with E-state index in [4.69, 9.17) is 10.5 Å². The molecule has 92 heavy (non-hydrogen) atoms. The van der Waals surface area contributed by atoms with Crippen molar-refractivity contribution in [2.75, 3.05) is 28.7 Å². The number of carbonyl (C=O) groups is 1. The van der Waals surface area contributed by atoms with E-state index in [9.17, 15) is 72.4 Å². The molecule has 0 bridgehead atoms. The van der Waals surface area contributed by atoms with E-state index in [1.807, 2.05) is 24.3 Å². The number of ether oxygens (including phenoxy) is 1. The fourth-order valence-electron chi connectivity index (χ4n) is 17.5. The summed E-state index contributed by atoms with van der Waals surface area (Å²) >= 11 is 0. The van der Waals surface area contributed by atoms with Gasteiger partial charge in [-0.1, -0.05) is 115 Å². The third-order valence-electron chi connectivity index (χ3n) is 22.5. The number of aliphatic hydroxyl groups excluding tert-OH is 2. The number of unbranched alkanes of at least 4 members (excludes halogenated alkanes) is 12. The second kappa shape index (κ2) is 33.5. The lowest BCUT2D eigenvalue weighted by molar-refractivity contribution is -0.284. The first-order valence-corrected chi connectivity index (χ1v) is 37.0. The van der Waals surface area contributed by atoms with E-state index >= 15 is 0 Å². The molecule has 0 spiro atoms. The molecule has 5 N–H and O–H groups in total. The monoisotopic (exact) mass is 1460 g/mol. The number of fused-ring (bicyclic) bond motifs is 10. The van der Waals surface area contributed by atoms with Crippen molar-refractivity contribution < 1.29 is 77.2 Å². The molecular formula is C71H100F10INO7S2. The summed E-state index contributed by atoms with van der Waals surface area (Å²) in [5.74, 6) is -4.49. The SMILES string of the molecule is C[C@]12CC[C@@H]3c4ccc(O)cc4C[C@@H](CCCCCCCCCS(=O)CCCC(F)(F)C(F)(F)F)[C@H]3[C@@H]1CC[C@@H]2O.C[C@]12CC[C@@H]3c4ccc(OC(=O)c5ccccc5N)cc4C[C@@H](CCCCCCCCCS(=O)CCCC(F)(F)C(F)(F)F)[C@H]3[C@@H]1CC[C@@H]2O.I. The summed E-state index contributed by atoms with van der Waals surface area (Å²) in [5, 5.41) is 32.0. The number of phenolic OH excluding ortho intramolecular Hbond substituents is 1. The van der Waals surface area contributed by atoms with Crippen LogP contribution in [0.2, 0.25) is 0 Å². The number of aromatic hydroxyl groups is 1. The van der Waals surface area contributed by atoms with Crippen LogP contribution in [0.1, 0.15) is 238 Å². The number of nitrogen functional groups attached to an aromatic ring is 1. The predicted octanol–water partition coefficient (Wildman–Crippen LogP) is 19.1. The number of phenols is 1. The maximum Gasteiger partial charge on any atom is 0.453 e. The Morgan fingerprint density at radius 3 is 1.39 bits per heavy atom. The van der Waals surface area contributed by atoms with Crippen molar-refractivity contribution in [2.24, 2.45) is 46.3 Å². The largest absolute Gasteiger partial charge is 0.508 e. The second-order valence-electron chi connectivity index (χ2n) is 28.3. The summed E-state index contributed by atoms with van der Waals surface area (Å²) in [4.78, 5) is 12.9. The zero-order valence-corrected chi connectivity index (χ0v) is 57.6. The zero-order chi connectivity index (χ0) is 65.9.